The second-order valence-electron chi connectivity index (χ2n) is 4.92. The van der Waals surface area contributed by atoms with Crippen LogP contribution in [0.15, 0.2) is 24.3 Å². The van der Waals surface area contributed by atoms with Crippen LogP contribution in [0.2, 0.25) is 0 Å². The highest BCUT2D eigenvalue weighted by Crippen LogP contribution is 2.19. The highest BCUT2D eigenvalue weighted by molar-refractivity contribution is 5.24. The maximum Gasteiger partial charge on any atom is 0.0472 e. The van der Waals surface area contributed by atoms with Gasteiger partial charge in [-0.25, -0.2) is 0 Å². The van der Waals surface area contributed by atoms with Gasteiger partial charge in [-0.2, -0.15) is 0 Å². The standard InChI is InChI=1S/C16H27NO/c1-4-5-11-18-12-10-16(13-17-3)15-8-6-14(2)7-9-15/h6-9,16-17H,4-5,10-13H2,1-3H3. The van der Waals surface area contributed by atoms with Gasteiger partial charge in [0, 0.05) is 19.8 Å². The third-order valence-electron chi connectivity index (χ3n) is 3.25. The number of benzene rings is 1. The van der Waals surface area contributed by atoms with Gasteiger partial charge in [-0.3, -0.25) is 0 Å². The Morgan fingerprint density at radius 1 is 1.17 bits per heavy atom. The van der Waals surface area contributed by atoms with Crippen LogP contribution in [-0.4, -0.2) is 26.8 Å². The van der Waals surface area contributed by atoms with Gasteiger partial charge in [-0.1, -0.05) is 43.2 Å². The molecule has 0 aliphatic heterocycles. The first-order valence-corrected chi connectivity index (χ1v) is 7.06. The van der Waals surface area contributed by atoms with E-state index in [2.05, 4.69) is 43.4 Å². The minimum Gasteiger partial charge on any atom is -0.381 e. The molecule has 1 unspecified atom stereocenters. The second kappa shape index (κ2) is 9.12. The first-order chi connectivity index (χ1) is 8.77. The molecule has 1 atom stereocenters. The molecule has 0 bridgehead atoms. The zero-order valence-corrected chi connectivity index (χ0v) is 12.0. The minimum absolute atomic E-state index is 0.553. The summed E-state index contributed by atoms with van der Waals surface area (Å²) >= 11 is 0. The first-order valence-electron chi connectivity index (χ1n) is 7.06. The summed E-state index contributed by atoms with van der Waals surface area (Å²) in [5.41, 5.74) is 2.73. The Morgan fingerprint density at radius 3 is 2.50 bits per heavy atom. The van der Waals surface area contributed by atoms with Crippen molar-refractivity contribution in [2.75, 3.05) is 26.8 Å². The van der Waals surface area contributed by atoms with Crippen LogP contribution < -0.4 is 5.32 Å². The summed E-state index contributed by atoms with van der Waals surface area (Å²) in [7, 11) is 2.01. The monoisotopic (exact) mass is 249 g/mol. The molecule has 0 spiro atoms. The second-order valence-corrected chi connectivity index (χ2v) is 4.92. The Labute approximate surface area is 112 Å². The van der Waals surface area contributed by atoms with Gasteiger partial charge in [0.25, 0.3) is 0 Å². The van der Waals surface area contributed by atoms with E-state index in [9.17, 15) is 0 Å². The molecule has 0 amide bonds. The molecule has 1 rings (SSSR count). The number of hydrogen-bond donors (Lipinski definition) is 1. The van der Waals surface area contributed by atoms with Gasteiger partial charge in [0.2, 0.25) is 0 Å². The van der Waals surface area contributed by atoms with Crippen molar-refractivity contribution in [3.05, 3.63) is 35.4 Å². The number of rotatable bonds is 9. The quantitative estimate of drug-likeness (QED) is 0.676. The maximum atomic E-state index is 5.67. The van der Waals surface area contributed by atoms with Crippen molar-refractivity contribution in [1.82, 2.24) is 5.32 Å². The van der Waals surface area contributed by atoms with Crippen molar-refractivity contribution in [3.8, 4) is 0 Å². The summed E-state index contributed by atoms with van der Waals surface area (Å²) in [5.74, 6) is 0.553. The van der Waals surface area contributed by atoms with Crippen LogP contribution in [0, 0.1) is 6.92 Å². The molecule has 0 aliphatic rings. The van der Waals surface area contributed by atoms with E-state index in [4.69, 9.17) is 4.74 Å². The van der Waals surface area contributed by atoms with E-state index >= 15 is 0 Å². The third-order valence-corrected chi connectivity index (χ3v) is 3.25. The van der Waals surface area contributed by atoms with E-state index in [-0.39, 0.29) is 0 Å². The lowest BCUT2D eigenvalue weighted by molar-refractivity contribution is 0.124. The summed E-state index contributed by atoms with van der Waals surface area (Å²) in [5, 5.41) is 3.28. The SMILES string of the molecule is CCCCOCCC(CNC)c1ccc(C)cc1. The number of unbranched alkanes of at least 4 members (excludes halogenated alkanes) is 1. The van der Waals surface area contributed by atoms with Crippen LogP contribution >= 0.6 is 0 Å². The lowest BCUT2D eigenvalue weighted by Crippen LogP contribution is -2.19. The first kappa shape index (κ1) is 15.2. The van der Waals surface area contributed by atoms with Gasteiger partial charge in [0.1, 0.15) is 0 Å². The molecule has 0 heterocycles. The fourth-order valence-electron chi connectivity index (χ4n) is 2.05. The molecule has 0 aliphatic carbocycles. The molecule has 1 aromatic carbocycles. The molecule has 0 saturated carbocycles. The fourth-order valence-corrected chi connectivity index (χ4v) is 2.05. The molecule has 2 heteroatoms. The average molecular weight is 249 g/mol. The Bertz CT molecular complexity index is 307. The van der Waals surface area contributed by atoms with Gasteiger partial charge in [-0.05, 0) is 38.3 Å². The molecule has 18 heavy (non-hydrogen) atoms. The van der Waals surface area contributed by atoms with Gasteiger partial charge < -0.3 is 10.1 Å². The van der Waals surface area contributed by atoms with E-state index in [0.717, 1.165) is 26.2 Å². The fraction of sp³-hybridized carbons (Fsp3) is 0.625. The largest absolute Gasteiger partial charge is 0.381 e. The summed E-state index contributed by atoms with van der Waals surface area (Å²) in [6.07, 6.45) is 3.47. The van der Waals surface area contributed by atoms with Crippen LogP contribution in [0.1, 0.15) is 43.2 Å². The summed E-state index contributed by atoms with van der Waals surface area (Å²) in [6, 6.07) is 8.86. The highest BCUT2D eigenvalue weighted by atomic mass is 16.5. The van der Waals surface area contributed by atoms with Crippen molar-refractivity contribution in [2.24, 2.45) is 0 Å². The van der Waals surface area contributed by atoms with Crippen LogP contribution in [0.3, 0.4) is 0 Å². The Kier molecular flexibility index (Phi) is 7.70. The predicted molar refractivity (Wildman–Crippen MR) is 78.2 cm³/mol. The lowest BCUT2D eigenvalue weighted by Gasteiger charge is -2.17. The molecule has 1 aromatic rings. The van der Waals surface area contributed by atoms with Crippen LogP contribution in [-0.2, 0) is 4.74 Å². The van der Waals surface area contributed by atoms with Crippen molar-refractivity contribution in [2.45, 2.75) is 39.0 Å². The van der Waals surface area contributed by atoms with Crippen LogP contribution in [0.25, 0.3) is 0 Å². The highest BCUT2D eigenvalue weighted by Gasteiger charge is 2.10. The van der Waals surface area contributed by atoms with Gasteiger partial charge in [-0.15, -0.1) is 0 Å². The zero-order valence-electron chi connectivity index (χ0n) is 12.0. The van der Waals surface area contributed by atoms with E-state index in [0.29, 0.717) is 5.92 Å². The van der Waals surface area contributed by atoms with Crippen molar-refractivity contribution in [3.63, 3.8) is 0 Å². The maximum absolute atomic E-state index is 5.67. The van der Waals surface area contributed by atoms with E-state index < -0.39 is 0 Å². The molecule has 0 radical (unpaired) electrons. The molecule has 0 aromatic heterocycles. The summed E-state index contributed by atoms with van der Waals surface area (Å²) < 4.78 is 5.67. The normalized spacial score (nSPS) is 12.6. The lowest BCUT2D eigenvalue weighted by atomic mass is 9.95. The van der Waals surface area contributed by atoms with Crippen molar-refractivity contribution >= 4 is 0 Å². The molecular formula is C16H27NO. The van der Waals surface area contributed by atoms with Crippen molar-refractivity contribution in [1.29, 1.82) is 0 Å². The Morgan fingerprint density at radius 2 is 1.89 bits per heavy atom. The molecule has 1 N–H and O–H groups in total. The number of aryl methyl sites for hydroxylation is 1. The van der Waals surface area contributed by atoms with Crippen LogP contribution in [0.5, 0.6) is 0 Å². The zero-order chi connectivity index (χ0) is 13.2. The van der Waals surface area contributed by atoms with E-state index in [1.807, 2.05) is 7.05 Å². The van der Waals surface area contributed by atoms with Gasteiger partial charge in [0.15, 0.2) is 0 Å². The number of hydrogen-bond acceptors (Lipinski definition) is 2. The predicted octanol–water partition coefficient (Wildman–Crippen LogP) is 3.50. The van der Waals surface area contributed by atoms with Gasteiger partial charge >= 0.3 is 0 Å². The molecular weight excluding hydrogens is 222 g/mol. The molecule has 0 fully saturated rings. The Hall–Kier alpha value is -0.860. The average Bonchev–Trinajstić information content (AvgIpc) is 2.38. The molecule has 0 saturated heterocycles. The number of nitrogens with one attached hydrogen (secondary N) is 1. The summed E-state index contributed by atoms with van der Waals surface area (Å²) in [6.45, 7) is 7.10. The molecule has 2 nitrogen and oxygen atoms in total. The third kappa shape index (κ3) is 5.65. The van der Waals surface area contributed by atoms with Gasteiger partial charge in [0.05, 0.1) is 0 Å². The van der Waals surface area contributed by atoms with E-state index in [1.54, 1.807) is 0 Å². The smallest absolute Gasteiger partial charge is 0.0472 e. The number of ether oxygens (including phenoxy) is 1. The summed E-state index contributed by atoms with van der Waals surface area (Å²) in [4.78, 5) is 0. The Balaban J connectivity index is 2.41. The number of likely N-dealkylation sites (N-methyl/N-ethyl adjacent to an activating group) is 1. The van der Waals surface area contributed by atoms with Crippen molar-refractivity contribution < 1.29 is 4.74 Å². The van der Waals surface area contributed by atoms with Crippen LogP contribution in [0.4, 0.5) is 0 Å². The minimum atomic E-state index is 0.553. The molecule has 102 valence electrons. The topological polar surface area (TPSA) is 21.3 Å². The van der Waals surface area contributed by atoms with E-state index in [1.165, 1.54) is 24.0 Å².